The summed E-state index contributed by atoms with van der Waals surface area (Å²) in [6, 6.07) is 0.224. The highest BCUT2D eigenvalue weighted by Crippen LogP contribution is 2.31. The largest absolute Gasteiger partial charge is 0.493 e. The molecule has 1 N–H and O–H groups in total. The molecule has 1 saturated carbocycles. The number of hydrogen-bond acceptors (Lipinski definition) is 4. The van der Waals surface area contributed by atoms with Crippen molar-refractivity contribution >= 4 is 11.8 Å². The van der Waals surface area contributed by atoms with Gasteiger partial charge in [-0.25, -0.2) is 0 Å². The Labute approximate surface area is 123 Å². The van der Waals surface area contributed by atoms with Gasteiger partial charge in [0.25, 0.3) is 5.56 Å². The predicted molar refractivity (Wildman–Crippen MR) is 82.6 cm³/mol. The number of aromatic nitrogens is 2. The molecule has 110 valence electrons. The summed E-state index contributed by atoms with van der Waals surface area (Å²) in [5.74, 6) is 0.570. The molecule has 0 spiro atoms. The molecule has 0 amide bonds. The zero-order valence-electron chi connectivity index (χ0n) is 12.0. The van der Waals surface area contributed by atoms with E-state index in [2.05, 4.69) is 11.6 Å². The Bertz CT molecular complexity index is 533. The minimum absolute atomic E-state index is 0.0709. The van der Waals surface area contributed by atoms with Crippen molar-refractivity contribution in [1.82, 2.24) is 9.55 Å². The SMILES string of the molecule is C=CCSc1nc(O)c(CC)c(=O)n1C1CCCCC1. The van der Waals surface area contributed by atoms with Crippen LogP contribution in [0.25, 0.3) is 0 Å². The van der Waals surface area contributed by atoms with E-state index in [1.54, 1.807) is 6.08 Å². The van der Waals surface area contributed by atoms with E-state index in [0.717, 1.165) is 25.7 Å². The quantitative estimate of drug-likeness (QED) is 0.514. The molecule has 0 radical (unpaired) electrons. The van der Waals surface area contributed by atoms with Crippen LogP contribution in [0.15, 0.2) is 22.6 Å². The third-order valence-corrected chi connectivity index (χ3v) is 4.73. The van der Waals surface area contributed by atoms with E-state index in [1.807, 2.05) is 11.5 Å². The van der Waals surface area contributed by atoms with E-state index in [0.29, 0.717) is 22.9 Å². The van der Waals surface area contributed by atoms with Gasteiger partial charge in [-0.05, 0) is 19.3 Å². The molecule has 0 saturated heterocycles. The molecule has 20 heavy (non-hydrogen) atoms. The first kappa shape index (κ1) is 15.2. The zero-order valence-corrected chi connectivity index (χ0v) is 12.8. The maximum atomic E-state index is 12.6. The molecule has 1 aliphatic carbocycles. The third kappa shape index (κ3) is 3.08. The van der Waals surface area contributed by atoms with E-state index < -0.39 is 0 Å². The summed E-state index contributed by atoms with van der Waals surface area (Å²) in [5.41, 5.74) is 0.358. The fraction of sp³-hybridized carbons (Fsp3) is 0.600. The number of rotatable bonds is 5. The molecular formula is C15H22N2O2S. The van der Waals surface area contributed by atoms with Crippen molar-refractivity contribution in [3.8, 4) is 5.88 Å². The Kier molecular flexibility index (Phi) is 5.29. The van der Waals surface area contributed by atoms with Crippen molar-refractivity contribution in [3.63, 3.8) is 0 Å². The molecule has 1 aliphatic rings. The molecule has 1 heterocycles. The van der Waals surface area contributed by atoms with Crippen LogP contribution in [-0.4, -0.2) is 20.4 Å². The van der Waals surface area contributed by atoms with Gasteiger partial charge in [-0.3, -0.25) is 9.36 Å². The van der Waals surface area contributed by atoms with Crippen molar-refractivity contribution in [2.45, 2.75) is 56.6 Å². The lowest BCUT2D eigenvalue weighted by molar-refractivity contribution is 0.315. The molecular weight excluding hydrogens is 272 g/mol. The van der Waals surface area contributed by atoms with Crippen LogP contribution in [0, 0.1) is 0 Å². The van der Waals surface area contributed by atoms with Gasteiger partial charge >= 0.3 is 0 Å². The van der Waals surface area contributed by atoms with Crippen LogP contribution < -0.4 is 5.56 Å². The molecule has 0 aromatic carbocycles. The molecule has 0 atom stereocenters. The lowest BCUT2D eigenvalue weighted by Gasteiger charge is -2.26. The minimum atomic E-state index is -0.115. The molecule has 1 aromatic rings. The van der Waals surface area contributed by atoms with Crippen molar-refractivity contribution in [3.05, 3.63) is 28.6 Å². The van der Waals surface area contributed by atoms with Crippen molar-refractivity contribution in [2.24, 2.45) is 0 Å². The van der Waals surface area contributed by atoms with Gasteiger partial charge in [0.1, 0.15) is 0 Å². The second kappa shape index (κ2) is 6.97. The van der Waals surface area contributed by atoms with E-state index >= 15 is 0 Å². The average molecular weight is 294 g/mol. The first-order valence-electron chi connectivity index (χ1n) is 7.27. The lowest BCUT2D eigenvalue weighted by atomic mass is 9.95. The van der Waals surface area contributed by atoms with Gasteiger partial charge in [-0.2, -0.15) is 4.98 Å². The second-order valence-electron chi connectivity index (χ2n) is 5.12. The highest BCUT2D eigenvalue weighted by molar-refractivity contribution is 7.99. The van der Waals surface area contributed by atoms with Crippen molar-refractivity contribution in [1.29, 1.82) is 0 Å². The second-order valence-corrected chi connectivity index (χ2v) is 6.10. The van der Waals surface area contributed by atoms with Gasteiger partial charge in [0.15, 0.2) is 5.16 Å². The summed E-state index contributed by atoms with van der Waals surface area (Å²) in [5, 5.41) is 10.6. The summed E-state index contributed by atoms with van der Waals surface area (Å²) in [4.78, 5) is 16.9. The third-order valence-electron chi connectivity index (χ3n) is 3.78. The lowest BCUT2D eigenvalue weighted by Crippen LogP contribution is -2.31. The normalized spacial score (nSPS) is 16.2. The average Bonchev–Trinajstić information content (AvgIpc) is 2.46. The van der Waals surface area contributed by atoms with Gasteiger partial charge in [0.05, 0.1) is 5.56 Å². The number of nitrogens with zero attached hydrogens (tertiary/aromatic N) is 2. The summed E-state index contributed by atoms with van der Waals surface area (Å²) in [6.07, 6.45) is 7.90. The van der Waals surface area contributed by atoms with Crippen molar-refractivity contribution < 1.29 is 5.11 Å². The number of thioether (sulfide) groups is 1. The van der Waals surface area contributed by atoms with E-state index in [9.17, 15) is 9.90 Å². The first-order chi connectivity index (χ1) is 9.69. The van der Waals surface area contributed by atoms with Crippen molar-refractivity contribution in [2.75, 3.05) is 5.75 Å². The monoisotopic (exact) mass is 294 g/mol. The highest BCUT2D eigenvalue weighted by Gasteiger charge is 2.23. The minimum Gasteiger partial charge on any atom is -0.493 e. The molecule has 0 aliphatic heterocycles. The Hall–Kier alpha value is -1.23. The summed E-state index contributed by atoms with van der Waals surface area (Å²) < 4.78 is 1.81. The Morgan fingerprint density at radius 3 is 2.75 bits per heavy atom. The fourth-order valence-electron chi connectivity index (χ4n) is 2.75. The van der Waals surface area contributed by atoms with E-state index in [-0.39, 0.29) is 17.5 Å². The van der Waals surface area contributed by atoms with Crippen LogP contribution in [0.3, 0.4) is 0 Å². The summed E-state index contributed by atoms with van der Waals surface area (Å²) in [7, 11) is 0. The number of hydrogen-bond donors (Lipinski definition) is 1. The van der Waals surface area contributed by atoms with Crippen LogP contribution in [-0.2, 0) is 6.42 Å². The van der Waals surface area contributed by atoms with Gasteiger partial charge in [0, 0.05) is 11.8 Å². The smallest absolute Gasteiger partial charge is 0.261 e. The Morgan fingerprint density at radius 2 is 2.15 bits per heavy atom. The maximum absolute atomic E-state index is 12.6. The van der Waals surface area contributed by atoms with Crippen LogP contribution in [0.5, 0.6) is 5.88 Å². The van der Waals surface area contributed by atoms with Gasteiger partial charge in [-0.15, -0.1) is 6.58 Å². The fourth-order valence-corrected chi connectivity index (χ4v) is 3.53. The molecule has 0 unspecified atom stereocenters. The van der Waals surface area contributed by atoms with Gasteiger partial charge in [0.2, 0.25) is 5.88 Å². The van der Waals surface area contributed by atoms with Crippen LogP contribution >= 0.6 is 11.8 Å². The topological polar surface area (TPSA) is 55.1 Å². The van der Waals surface area contributed by atoms with Crippen LogP contribution in [0.4, 0.5) is 0 Å². The van der Waals surface area contributed by atoms with Crippen LogP contribution in [0.1, 0.15) is 50.6 Å². The summed E-state index contributed by atoms with van der Waals surface area (Å²) >= 11 is 1.46. The standard InChI is InChI=1S/C15H22N2O2S/c1-3-10-20-15-16-13(18)12(4-2)14(19)17(15)11-8-6-5-7-9-11/h3,11,18H,1,4-10H2,2H3. The first-order valence-corrected chi connectivity index (χ1v) is 8.25. The van der Waals surface area contributed by atoms with E-state index in [1.165, 1.54) is 18.2 Å². The molecule has 1 fully saturated rings. The number of aromatic hydroxyl groups is 1. The maximum Gasteiger partial charge on any atom is 0.261 e. The van der Waals surface area contributed by atoms with Gasteiger partial charge in [-0.1, -0.05) is 44.0 Å². The molecule has 2 rings (SSSR count). The Morgan fingerprint density at radius 1 is 1.45 bits per heavy atom. The molecule has 4 nitrogen and oxygen atoms in total. The Balaban J connectivity index is 2.48. The molecule has 0 bridgehead atoms. The van der Waals surface area contributed by atoms with Gasteiger partial charge < -0.3 is 5.11 Å². The zero-order chi connectivity index (χ0) is 14.5. The van der Waals surface area contributed by atoms with E-state index in [4.69, 9.17) is 0 Å². The predicted octanol–water partition coefficient (Wildman–Crippen LogP) is 3.29. The van der Waals surface area contributed by atoms with Crippen LogP contribution in [0.2, 0.25) is 0 Å². The highest BCUT2D eigenvalue weighted by atomic mass is 32.2. The molecule has 1 aromatic heterocycles. The summed E-state index contributed by atoms with van der Waals surface area (Å²) in [6.45, 7) is 5.57. The molecule has 5 heteroatoms.